The molecule has 0 spiro atoms. The van der Waals surface area contributed by atoms with Crippen LogP contribution in [0.1, 0.15) is 35.5 Å². The van der Waals surface area contributed by atoms with Gasteiger partial charge in [-0.15, -0.1) is 0 Å². The van der Waals surface area contributed by atoms with Crippen molar-refractivity contribution in [2.24, 2.45) is 0 Å². The van der Waals surface area contributed by atoms with E-state index >= 15 is 0 Å². The second-order valence-electron chi connectivity index (χ2n) is 5.60. The van der Waals surface area contributed by atoms with Gasteiger partial charge in [-0.25, -0.2) is 4.98 Å². The molecule has 2 aromatic rings. The third-order valence-corrected chi connectivity index (χ3v) is 3.87. The van der Waals surface area contributed by atoms with E-state index in [-0.39, 0.29) is 17.5 Å². The Morgan fingerprint density at radius 2 is 2.09 bits per heavy atom. The number of carbonyl (C=O) groups excluding carboxylic acids is 2. The van der Waals surface area contributed by atoms with E-state index < -0.39 is 6.04 Å². The highest BCUT2D eigenvalue weighted by Gasteiger charge is 2.25. The van der Waals surface area contributed by atoms with Gasteiger partial charge in [0.2, 0.25) is 11.8 Å². The molecule has 0 saturated carbocycles. The topological polar surface area (TPSA) is 84.2 Å². The Bertz CT molecular complexity index is 709. The molecule has 120 valence electrons. The molecule has 1 saturated heterocycles. The molecule has 0 radical (unpaired) electrons. The Morgan fingerprint density at radius 3 is 2.87 bits per heavy atom. The number of oxazole rings is 1. The van der Waals surface area contributed by atoms with E-state index in [4.69, 9.17) is 4.42 Å². The number of hydrogen-bond acceptors (Lipinski definition) is 4. The van der Waals surface area contributed by atoms with Crippen molar-refractivity contribution in [3.8, 4) is 11.5 Å². The average molecular weight is 313 g/mol. The molecule has 6 heteroatoms. The Morgan fingerprint density at radius 1 is 1.30 bits per heavy atom. The summed E-state index contributed by atoms with van der Waals surface area (Å²) in [4.78, 5) is 28.6. The van der Waals surface area contributed by atoms with Gasteiger partial charge in [-0.1, -0.05) is 18.2 Å². The smallest absolute Gasteiger partial charge is 0.274 e. The van der Waals surface area contributed by atoms with Gasteiger partial charge in [-0.3, -0.25) is 9.59 Å². The molecule has 0 aliphatic carbocycles. The summed E-state index contributed by atoms with van der Waals surface area (Å²) in [5.41, 5.74) is 1.03. The first-order chi connectivity index (χ1) is 11.1. The highest BCUT2D eigenvalue weighted by molar-refractivity contribution is 5.97. The Hall–Kier alpha value is -2.63. The number of nitrogens with one attached hydrogen (secondary N) is 2. The van der Waals surface area contributed by atoms with Gasteiger partial charge >= 0.3 is 0 Å². The minimum absolute atomic E-state index is 0.139. The van der Waals surface area contributed by atoms with Gasteiger partial charge in [-0.05, 0) is 38.3 Å². The van der Waals surface area contributed by atoms with Gasteiger partial charge in [0.25, 0.3) is 5.91 Å². The molecule has 0 unspecified atom stereocenters. The van der Waals surface area contributed by atoms with Gasteiger partial charge in [0.1, 0.15) is 11.8 Å². The number of aryl methyl sites for hydroxylation is 1. The third kappa shape index (κ3) is 3.41. The van der Waals surface area contributed by atoms with Crippen molar-refractivity contribution < 1.29 is 14.0 Å². The van der Waals surface area contributed by atoms with Crippen LogP contribution < -0.4 is 10.6 Å². The Labute approximate surface area is 134 Å². The fourth-order valence-corrected chi connectivity index (χ4v) is 2.61. The van der Waals surface area contributed by atoms with Crippen molar-refractivity contribution >= 4 is 11.8 Å². The fraction of sp³-hybridized carbons (Fsp3) is 0.353. The maximum atomic E-state index is 12.4. The second kappa shape index (κ2) is 6.64. The molecule has 1 aromatic carbocycles. The van der Waals surface area contributed by atoms with Crippen LogP contribution in [0.25, 0.3) is 11.5 Å². The summed E-state index contributed by atoms with van der Waals surface area (Å²) in [6.45, 7) is 2.36. The van der Waals surface area contributed by atoms with Crippen molar-refractivity contribution in [2.45, 2.75) is 32.2 Å². The second-order valence-corrected chi connectivity index (χ2v) is 5.60. The van der Waals surface area contributed by atoms with E-state index in [9.17, 15) is 9.59 Å². The SMILES string of the molecule is Cc1oc(-c2ccccc2)nc1C(=O)N[C@@H]1CCCCNC1=O. The Balaban J connectivity index is 1.77. The predicted octanol–water partition coefficient (Wildman–Crippen LogP) is 2.05. The summed E-state index contributed by atoms with van der Waals surface area (Å²) in [5, 5.41) is 5.56. The van der Waals surface area contributed by atoms with Crippen LogP contribution >= 0.6 is 0 Å². The van der Waals surface area contributed by atoms with Crippen LogP contribution in [0.5, 0.6) is 0 Å². The molecule has 1 aromatic heterocycles. The highest BCUT2D eigenvalue weighted by Crippen LogP contribution is 2.21. The van der Waals surface area contributed by atoms with Crippen molar-refractivity contribution in [3.05, 3.63) is 41.8 Å². The Kier molecular flexibility index (Phi) is 4.41. The molecule has 3 rings (SSSR count). The summed E-state index contributed by atoms with van der Waals surface area (Å²) in [5.74, 6) is 0.324. The van der Waals surface area contributed by atoms with Gasteiger partial charge < -0.3 is 15.1 Å². The van der Waals surface area contributed by atoms with Crippen molar-refractivity contribution in [1.29, 1.82) is 0 Å². The number of rotatable bonds is 3. The lowest BCUT2D eigenvalue weighted by Crippen LogP contribution is -2.45. The monoisotopic (exact) mass is 313 g/mol. The predicted molar refractivity (Wildman–Crippen MR) is 84.8 cm³/mol. The highest BCUT2D eigenvalue weighted by atomic mass is 16.4. The van der Waals surface area contributed by atoms with Crippen molar-refractivity contribution in [2.75, 3.05) is 6.54 Å². The first-order valence-corrected chi connectivity index (χ1v) is 7.76. The maximum absolute atomic E-state index is 12.4. The summed E-state index contributed by atoms with van der Waals surface area (Å²) in [7, 11) is 0. The number of aromatic nitrogens is 1. The number of carbonyl (C=O) groups is 2. The normalized spacial score (nSPS) is 18.1. The zero-order chi connectivity index (χ0) is 16.2. The lowest BCUT2D eigenvalue weighted by Gasteiger charge is -2.14. The summed E-state index contributed by atoms with van der Waals surface area (Å²) in [6.07, 6.45) is 2.47. The third-order valence-electron chi connectivity index (χ3n) is 3.87. The van der Waals surface area contributed by atoms with Crippen LogP contribution in [0, 0.1) is 6.92 Å². The largest absolute Gasteiger partial charge is 0.441 e. The molecule has 0 bridgehead atoms. The van der Waals surface area contributed by atoms with Crippen LogP contribution in [0.4, 0.5) is 0 Å². The minimum Gasteiger partial charge on any atom is -0.441 e. The summed E-state index contributed by atoms with van der Waals surface area (Å²) < 4.78 is 5.59. The number of nitrogens with zero attached hydrogens (tertiary/aromatic N) is 1. The lowest BCUT2D eigenvalue weighted by molar-refractivity contribution is -0.122. The number of amides is 2. The van der Waals surface area contributed by atoms with Crippen molar-refractivity contribution in [1.82, 2.24) is 15.6 Å². The van der Waals surface area contributed by atoms with Crippen LogP contribution in [-0.4, -0.2) is 29.4 Å². The summed E-state index contributed by atoms with van der Waals surface area (Å²) >= 11 is 0. The first kappa shape index (κ1) is 15.3. The van der Waals surface area contributed by atoms with E-state index in [0.717, 1.165) is 18.4 Å². The number of benzene rings is 1. The molecule has 6 nitrogen and oxygen atoms in total. The van der Waals surface area contributed by atoms with E-state index in [0.29, 0.717) is 24.6 Å². The average Bonchev–Trinajstić information content (AvgIpc) is 2.84. The van der Waals surface area contributed by atoms with Crippen LogP contribution in [0.2, 0.25) is 0 Å². The number of hydrogen-bond donors (Lipinski definition) is 2. The molecule has 2 N–H and O–H groups in total. The molecular formula is C17H19N3O3. The maximum Gasteiger partial charge on any atom is 0.274 e. The quantitative estimate of drug-likeness (QED) is 0.908. The van der Waals surface area contributed by atoms with E-state index in [2.05, 4.69) is 15.6 Å². The van der Waals surface area contributed by atoms with Gasteiger partial charge in [0.05, 0.1) is 0 Å². The summed E-state index contributed by atoms with van der Waals surface area (Å²) in [6, 6.07) is 8.88. The van der Waals surface area contributed by atoms with E-state index in [1.807, 2.05) is 30.3 Å². The molecule has 1 aliphatic rings. The first-order valence-electron chi connectivity index (χ1n) is 7.76. The fourth-order valence-electron chi connectivity index (χ4n) is 2.61. The van der Waals surface area contributed by atoms with Crippen LogP contribution in [0.15, 0.2) is 34.7 Å². The molecule has 1 aliphatic heterocycles. The lowest BCUT2D eigenvalue weighted by atomic mass is 10.1. The standard InChI is InChI=1S/C17H19N3O3/c1-11-14(20-17(23-11)12-7-3-2-4-8-12)16(22)19-13-9-5-6-10-18-15(13)21/h2-4,7-8,13H,5-6,9-10H2,1H3,(H,18,21)(H,19,22)/t13-/m1/s1. The molecule has 2 amide bonds. The zero-order valence-electron chi connectivity index (χ0n) is 13.0. The molecule has 1 atom stereocenters. The zero-order valence-corrected chi connectivity index (χ0v) is 13.0. The van der Waals surface area contributed by atoms with Crippen LogP contribution in [-0.2, 0) is 4.79 Å². The van der Waals surface area contributed by atoms with Crippen molar-refractivity contribution in [3.63, 3.8) is 0 Å². The van der Waals surface area contributed by atoms with Gasteiger partial charge in [0.15, 0.2) is 5.69 Å². The van der Waals surface area contributed by atoms with Gasteiger partial charge in [-0.2, -0.15) is 0 Å². The molecule has 1 fully saturated rings. The minimum atomic E-state index is -0.513. The van der Waals surface area contributed by atoms with E-state index in [1.54, 1.807) is 6.92 Å². The van der Waals surface area contributed by atoms with Crippen LogP contribution in [0.3, 0.4) is 0 Å². The molecule has 23 heavy (non-hydrogen) atoms. The van der Waals surface area contributed by atoms with E-state index in [1.165, 1.54) is 0 Å². The molecule has 2 heterocycles. The molecular weight excluding hydrogens is 294 g/mol. The van der Waals surface area contributed by atoms with Gasteiger partial charge in [0, 0.05) is 12.1 Å².